The Kier molecular flexibility index (Phi) is 4.86. The van der Waals surface area contributed by atoms with Crippen LogP contribution in [0.25, 0.3) is 0 Å². The highest BCUT2D eigenvalue weighted by molar-refractivity contribution is 5.53. The first-order valence-corrected chi connectivity index (χ1v) is 8.94. The molecule has 0 bridgehead atoms. The lowest BCUT2D eigenvalue weighted by Crippen LogP contribution is -2.47. The fourth-order valence-electron chi connectivity index (χ4n) is 2.75. The van der Waals surface area contributed by atoms with E-state index in [9.17, 15) is 4.39 Å². The van der Waals surface area contributed by atoms with E-state index in [1.807, 2.05) is 24.8 Å². The van der Waals surface area contributed by atoms with Gasteiger partial charge in [-0.25, -0.2) is 14.4 Å². The first-order chi connectivity index (χ1) is 14.0. The number of anilines is 4. The number of nitrogens with zero attached hydrogens (tertiary/aromatic N) is 8. The van der Waals surface area contributed by atoms with Crippen LogP contribution in [0.2, 0.25) is 0 Å². The van der Waals surface area contributed by atoms with Gasteiger partial charge in [0.25, 0.3) is 0 Å². The van der Waals surface area contributed by atoms with Gasteiger partial charge in [0.2, 0.25) is 17.8 Å². The molecule has 0 aliphatic carbocycles. The second-order valence-electron chi connectivity index (χ2n) is 6.70. The third kappa shape index (κ3) is 4.18. The highest BCUT2D eigenvalue weighted by atomic mass is 19.1. The van der Waals surface area contributed by atoms with Crippen molar-refractivity contribution in [2.45, 2.75) is 19.9 Å². The van der Waals surface area contributed by atoms with Crippen LogP contribution in [-0.4, -0.2) is 48.2 Å². The minimum atomic E-state index is -0.506. The number of halogens is 1. The van der Waals surface area contributed by atoms with Crippen molar-refractivity contribution in [3.8, 4) is 6.07 Å². The van der Waals surface area contributed by atoms with E-state index in [4.69, 9.17) is 5.26 Å². The van der Waals surface area contributed by atoms with Crippen LogP contribution in [-0.2, 0) is 0 Å². The molecule has 3 N–H and O–H groups in total. The predicted octanol–water partition coefficient (Wildman–Crippen LogP) is 1.71. The van der Waals surface area contributed by atoms with Crippen molar-refractivity contribution in [3.05, 3.63) is 35.8 Å². The molecule has 3 aromatic rings. The van der Waals surface area contributed by atoms with Crippen LogP contribution in [0.4, 0.5) is 28.1 Å². The van der Waals surface area contributed by atoms with E-state index in [0.717, 1.165) is 18.1 Å². The van der Waals surface area contributed by atoms with E-state index >= 15 is 0 Å². The molecule has 0 radical (unpaired) electrons. The van der Waals surface area contributed by atoms with Crippen LogP contribution in [0.15, 0.2) is 18.5 Å². The molecule has 0 saturated carbocycles. The number of aromatic nitrogens is 7. The molecule has 3 aromatic heterocycles. The molecule has 1 aliphatic rings. The molecule has 4 heterocycles. The summed E-state index contributed by atoms with van der Waals surface area (Å²) in [5.41, 5.74) is 0.891. The summed E-state index contributed by atoms with van der Waals surface area (Å²) in [6, 6.07) is 3.68. The smallest absolute Gasteiger partial charge is 0.235 e. The topological polar surface area (TPSA) is 144 Å². The van der Waals surface area contributed by atoms with Gasteiger partial charge in [0.1, 0.15) is 5.82 Å². The number of nitriles is 1. The third-order valence-electron chi connectivity index (χ3n) is 4.29. The van der Waals surface area contributed by atoms with E-state index in [1.54, 1.807) is 0 Å². The average molecular weight is 395 g/mol. The Labute approximate surface area is 165 Å². The first-order valence-electron chi connectivity index (χ1n) is 8.94. The number of hydrogen-bond acceptors (Lipinski definition) is 10. The average Bonchev–Trinajstić information content (AvgIpc) is 3.06. The van der Waals surface area contributed by atoms with Crippen molar-refractivity contribution in [3.63, 3.8) is 0 Å². The Balaban J connectivity index is 1.58. The zero-order valence-corrected chi connectivity index (χ0v) is 15.8. The van der Waals surface area contributed by atoms with E-state index in [1.165, 1.54) is 0 Å². The summed E-state index contributed by atoms with van der Waals surface area (Å²) in [6.07, 6.45) is 2.21. The molecule has 0 aromatic carbocycles. The van der Waals surface area contributed by atoms with Gasteiger partial charge in [0.15, 0.2) is 11.6 Å². The van der Waals surface area contributed by atoms with Crippen LogP contribution < -0.4 is 15.5 Å². The van der Waals surface area contributed by atoms with E-state index in [2.05, 4.69) is 51.8 Å². The number of hydrogen-bond donors (Lipinski definition) is 3. The van der Waals surface area contributed by atoms with Crippen molar-refractivity contribution in [2.24, 2.45) is 5.92 Å². The molecule has 4 rings (SSSR count). The Bertz CT molecular complexity index is 1040. The monoisotopic (exact) mass is 395 g/mol. The van der Waals surface area contributed by atoms with E-state index in [0.29, 0.717) is 42.6 Å². The zero-order chi connectivity index (χ0) is 20.4. The second-order valence-corrected chi connectivity index (χ2v) is 6.70. The molecule has 1 aliphatic heterocycles. The van der Waals surface area contributed by atoms with E-state index < -0.39 is 5.82 Å². The van der Waals surface area contributed by atoms with Gasteiger partial charge >= 0.3 is 0 Å². The minimum absolute atomic E-state index is 0.0416. The lowest BCUT2D eigenvalue weighted by atomic mass is 10.0. The molecular weight excluding hydrogens is 377 g/mol. The number of nitrogens with one attached hydrogen (secondary N) is 3. The van der Waals surface area contributed by atoms with Gasteiger partial charge in [0, 0.05) is 24.8 Å². The Morgan fingerprint density at radius 3 is 2.62 bits per heavy atom. The summed E-state index contributed by atoms with van der Waals surface area (Å²) in [5, 5.41) is 22.1. The predicted molar refractivity (Wildman–Crippen MR) is 102 cm³/mol. The summed E-state index contributed by atoms with van der Waals surface area (Å²) < 4.78 is 13.1. The van der Waals surface area contributed by atoms with Crippen LogP contribution in [0, 0.1) is 30.0 Å². The second kappa shape index (κ2) is 7.63. The molecule has 12 heteroatoms. The SMILES string of the molecule is Cc1cc(Nc2nc(N[C@@H](C)c3ncc(F)cn3)nc(N3CC(C#N)C3)n2)n[nH]1. The summed E-state index contributed by atoms with van der Waals surface area (Å²) in [4.78, 5) is 23.1. The lowest BCUT2D eigenvalue weighted by Gasteiger charge is -2.35. The summed E-state index contributed by atoms with van der Waals surface area (Å²) in [5.74, 6) is 1.46. The number of rotatable bonds is 6. The lowest BCUT2D eigenvalue weighted by molar-refractivity contribution is 0.493. The molecule has 1 saturated heterocycles. The Morgan fingerprint density at radius 1 is 1.24 bits per heavy atom. The molecule has 0 spiro atoms. The van der Waals surface area contributed by atoms with Gasteiger partial charge in [-0.3, -0.25) is 5.10 Å². The fourth-order valence-corrected chi connectivity index (χ4v) is 2.75. The van der Waals surface area contributed by atoms with Gasteiger partial charge in [-0.05, 0) is 13.8 Å². The van der Waals surface area contributed by atoms with Gasteiger partial charge in [-0.1, -0.05) is 0 Å². The molecule has 148 valence electrons. The first kappa shape index (κ1) is 18.5. The molecule has 1 fully saturated rings. The van der Waals surface area contributed by atoms with Crippen molar-refractivity contribution in [2.75, 3.05) is 28.6 Å². The quantitative estimate of drug-likeness (QED) is 0.564. The number of aromatic amines is 1. The number of H-pyrrole nitrogens is 1. The molecule has 0 amide bonds. The molecule has 1 atom stereocenters. The maximum absolute atomic E-state index is 13.1. The number of aryl methyl sites for hydroxylation is 1. The Morgan fingerprint density at radius 2 is 1.97 bits per heavy atom. The molecule has 11 nitrogen and oxygen atoms in total. The minimum Gasteiger partial charge on any atom is -0.344 e. The van der Waals surface area contributed by atoms with Gasteiger partial charge in [-0.15, -0.1) is 0 Å². The molecule has 29 heavy (non-hydrogen) atoms. The largest absolute Gasteiger partial charge is 0.344 e. The van der Waals surface area contributed by atoms with Crippen molar-refractivity contribution < 1.29 is 4.39 Å². The normalized spacial score (nSPS) is 14.8. The van der Waals surface area contributed by atoms with Crippen molar-refractivity contribution in [1.82, 2.24) is 35.1 Å². The highest BCUT2D eigenvalue weighted by Gasteiger charge is 2.29. The molecule has 0 unspecified atom stereocenters. The van der Waals surface area contributed by atoms with Gasteiger partial charge in [0.05, 0.1) is 30.4 Å². The van der Waals surface area contributed by atoms with Crippen LogP contribution in [0.5, 0.6) is 0 Å². The third-order valence-corrected chi connectivity index (χ3v) is 4.29. The standard InChI is InChI=1S/C17H18FN11/c1-9-3-13(28-27-9)23-16-24-15(22-10(2)14-20-5-12(18)6-21-14)25-17(26-16)29-7-11(4-19)8-29/h3,5-6,10-11H,7-8H2,1-2H3,(H3,22,23,24,25,26,27,28)/t10-/m0/s1. The van der Waals surface area contributed by atoms with Crippen LogP contribution >= 0.6 is 0 Å². The van der Waals surface area contributed by atoms with Gasteiger partial charge in [-0.2, -0.15) is 25.3 Å². The highest BCUT2D eigenvalue weighted by Crippen LogP contribution is 2.24. The maximum Gasteiger partial charge on any atom is 0.235 e. The fraction of sp³-hybridized carbons (Fsp3) is 0.353. The van der Waals surface area contributed by atoms with Crippen molar-refractivity contribution >= 4 is 23.7 Å². The van der Waals surface area contributed by atoms with Crippen LogP contribution in [0.3, 0.4) is 0 Å². The summed E-state index contributed by atoms with van der Waals surface area (Å²) in [6.45, 7) is 4.81. The summed E-state index contributed by atoms with van der Waals surface area (Å²) in [7, 11) is 0. The van der Waals surface area contributed by atoms with E-state index in [-0.39, 0.29) is 12.0 Å². The Hall–Kier alpha value is -3.88. The van der Waals surface area contributed by atoms with Crippen molar-refractivity contribution in [1.29, 1.82) is 5.26 Å². The maximum atomic E-state index is 13.1. The van der Waals surface area contributed by atoms with Gasteiger partial charge < -0.3 is 15.5 Å². The molecular formula is C17H18FN11. The van der Waals surface area contributed by atoms with Crippen LogP contribution in [0.1, 0.15) is 24.5 Å². The zero-order valence-electron chi connectivity index (χ0n) is 15.8. The summed E-state index contributed by atoms with van der Waals surface area (Å²) >= 11 is 0.